The highest BCUT2D eigenvalue weighted by molar-refractivity contribution is 5.84. The molecule has 0 N–H and O–H groups in total. The molecule has 1 atom stereocenters. The van der Waals surface area contributed by atoms with E-state index in [2.05, 4.69) is 4.90 Å². The number of nitrogens with zero attached hydrogens (tertiary/aromatic N) is 3. The molecule has 0 unspecified atom stereocenters. The van der Waals surface area contributed by atoms with Crippen LogP contribution < -0.4 is 0 Å². The van der Waals surface area contributed by atoms with Gasteiger partial charge in [-0.05, 0) is 18.1 Å². The predicted molar refractivity (Wildman–Crippen MR) is 84.3 cm³/mol. The number of carbonyl (C=O) groups excluding carboxylic acids is 2. The molecule has 0 saturated carbocycles. The number of aryl methyl sites for hydroxylation is 1. The van der Waals surface area contributed by atoms with Crippen molar-refractivity contribution < 1.29 is 18.4 Å². The third-order valence-corrected chi connectivity index (χ3v) is 4.85. The number of carbonyl (C=O) groups is 2. The van der Waals surface area contributed by atoms with Crippen LogP contribution in [0.25, 0.3) is 0 Å². The Kier molecular flexibility index (Phi) is 4.80. The summed E-state index contributed by atoms with van der Waals surface area (Å²) in [6.45, 7) is 3.19. The van der Waals surface area contributed by atoms with Crippen molar-refractivity contribution in [3.05, 3.63) is 35.4 Å². The lowest BCUT2D eigenvalue weighted by atomic mass is 10.1. The first kappa shape index (κ1) is 16.8. The van der Waals surface area contributed by atoms with E-state index in [9.17, 15) is 18.4 Å². The summed E-state index contributed by atoms with van der Waals surface area (Å²) in [7, 11) is 1.78. The second-order valence-corrected chi connectivity index (χ2v) is 6.39. The number of fused-ring (bicyclic) bond motifs is 1. The average molecular weight is 337 g/mol. The zero-order chi connectivity index (χ0) is 17.3. The van der Waals surface area contributed by atoms with Crippen molar-refractivity contribution >= 4 is 11.8 Å². The molecule has 1 aromatic rings. The van der Waals surface area contributed by atoms with E-state index in [-0.39, 0.29) is 30.7 Å². The molecule has 2 fully saturated rings. The molecule has 3 rings (SSSR count). The Balaban J connectivity index is 1.58. The van der Waals surface area contributed by atoms with Crippen molar-refractivity contribution in [1.82, 2.24) is 14.7 Å². The third-order valence-electron chi connectivity index (χ3n) is 4.85. The number of benzene rings is 1. The maximum absolute atomic E-state index is 13.6. The SMILES string of the molecule is CN1CCN2CCN(C(=O)CCc3ccc(F)cc3F)C[C@@H]2C1=O. The Bertz CT molecular complexity index is 653. The van der Waals surface area contributed by atoms with Gasteiger partial charge in [0.1, 0.15) is 17.7 Å². The highest BCUT2D eigenvalue weighted by atomic mass is 19.1. The van der Waals surface area contributed by atoms with Crippen LogP contribution >= 0.6 is 0 Å². The molecule has 7 heteroatoms. The normalized spacial score (nSPS) is 21.8. The van der Waals surface area contributed by atoms with Gasteiger partial charge in [0.15, 0.2) is 0 Å². The first-order chi connectivity index (χ1) is 11.5. The molecule has 0 aliphatic carbocycles. The average Bonchev–Trinajstić information content (AvgIpc) is 2.57. The molecule has 0 aromatic heterocycles. The van der Waals surface area contributed by atoms with Crippen molar-refractivity contribution in [2.75, 3.05) is 39.8 Å². The fraction of sp³-hybridized carbons (Fsp3) is 0.529. The molecular formula is C17H21F2N3O2. The lowest BCUT2D eigenvalue weighted by Gasteiger charge is -2.45. The third kappa shape index (κ3) is 3.40. The zero-order valence-electron chi connectivity index (χ0n) is 13.7. The van der Waals surface area contributed by atoms with Crippen LogP contribution in [-0.4, -0.2) is 72.3 Å². The van der Waals surface area contributed by atoms with E-state index in [0.29, 0.717) is 31.7 Å². The van der Waals surface area contributed by atoms with Crippen LogP contribution in [-0.2, 0) is 16.0 Å². The van der Waals surface area contributed by atoms with Gasteiger partial charge in [0.05, 0.1) is 0 Å². The molecular weight excluding hydrogens is 316 g/mol. The van der Waals surface area contributed by atoms with Gasteiger partial charge in [-0.15, -0.1) is 0 Å². The predicted octanol–water partition coefficient (Wildman–Crippen LogP) is 0.882. The number of halogens is 2. The van der Waals surface area contributed by atoms with Crippen LogP contribution in [0.4, 0.5) is 8.78 Å². The molecule has 2 aliphatic heterocycles. The summed E-state index contributed by atoms with van der Waals surface area (Å²) >= 11 is 0. The molecule has 2 amide bonds. The van der Waals surface area contributed by atoms with E-state index in [0.717, 1.165) is 12.6 Å². The van der Waals surface area contributed by atoms with Crippen LogP contribution in [0, 0.1) is 11.6 Å². The highest BCUT2D eigenvalue weighted by Crippen LogP contribution is 2.18. The Morgan fingerprint density at radius 2 is 1.96 bits per heavy atom. The molecule has 0 radical (unpaired) electrons. The first-order valence-electron chi connectivity index (χ1n) is 8.16. The molecule has 2 aliphatic rings. The molecule has 1 aromatic carbocycles. The monoisotopic (exact) mass is 337 g/mol. The van der Waals surface area contributed by atoms with Crippen molar-refractivity contribution in [1.29, 1.82) is 0 Å². The fourth-order valence-corrected chi connectivity index (χ4v) is 3.32. The summed E-state index contributed by atoms with van der Waals surface area (Å²) < 4.78 is 26.5. The number of amides is 2. The number of likely N-dealkylation sites (N-methyl/N-ethyl adjacent to an activating group) is 1. The minimum absolute atomic E-state index is 0.0447. The van der Waals surface area contributed by atoms with E-state index in [1.807, 2.05) is 0 Å². The Morgan fingerprint density at radius 1 is 1.21 bits per heavy atom. The lowest BCUT2D eigenvalue weighted by molar-refractivity contribution is -0.147. The summed E-state index contributed by atoms with van der Waals surface area (Å²) in [5.74, 6) is -1.31. The molecule has 24 heavy (non-hydrogen) atoms. The van der Waals surface area contributed by atoms with Gasteiger partial charge in [-0.25, -0.2) is 8.78 Å². The summed E-state index contributed by atoms with van der Waals surface area (Å²) in [6.07, 6.45) is 0.378. The Hall–Kier alpha value is -2.02. The van der Waals surface area contributed by atoms with Crippen molar-refractivity contribution in [3.63, 3.8) is 0 Å². The maximum Gasteiger partial charge on any atom is 0.241 e. The van der Waals surface area contributed by atoms with Gasteiger partial charge >= 0.3 is 0 Å². The molecule has 130 valence electrons. The largest absolute Gasteiger partial charge is 0.343 e. The number of rotatable bonds is 3. The topological polar surface area (TPSA) is 43.9 Å². The molecule has 2 heterocycles. The Morgan fingerprint density at radius 3 is 2.71 bits per heavy atom. The minimum atomic E-state index is -0.628. The number of hydrogen-bond donors (Lipinski definition) is 0. The first-order valence-corrected chi connectivity index (χ1v) is 8.16. The molecule has 5 nitrogen and oxygen atoms in total. The highest BCUT2D eigenvalue weighted by Gasteiger charge is 2.38. The van der Waals surface area contributed by atoms with Gasteiger partial charge < -0.3 is 9.80 Å². The van der Waals surface area contributed by atoms with E-state index in [1.165, 1.54) is 12.1 Å². The van der Waals surface area contributed by atoms with Crippen LogP contribution in [0.3, 0.4) is 0 Å². The van der Waals surface area contributed by atoms with Crippen LogP contribution in [0.1, 0.15) is 12.0 Å². The van der Waals surface area contributed by atoms with E-state index in [4.69, 9.17) is 0 Å². The zero-order valence-corrected chi connectivity index (χ0v) is 13.7. The van der Waals surface area contributed by atoms with Gasteiger partial charge in [-0.2, -0.15) is 0 Å². The maximum atomic E-state index is 13.6. The number of hydrogen-bond acceptors (Lipinski definition) is 3. The summed E-state index contributed by atoms with van der Waals surface area (Å²) in [5, 5.41) is 0. The second kappa shape index (κ2) is 6.84. The van der Waals surface area contributed by atoms with E-state index < -0.39 is 11.6 Å². The van der Waals surface area contributed by atoms with Crippen LogP contribution in [0.5, 0.6) is 0 Å². The Labute approximate surface area is 139 Å². The van der Waals surface area contributed by atoms with Crippen molar-refractivity contribution in [2.45, 2.75) is 18.9 Å². The summed E-state index contributed by atoms with van der Waals surface area (Å²) in [6, 6.07) is 3.12. The van der Waals surface area contributed by atoms with E-state index >= 15 is 0 Å². The quantitative estimate of drug-likeness (QED) is 0.823. The van der Waals surface area contributed by atoms with E-state index in [1.54, 1.807) is 16.8 Å². The second-order valence-electron chi connectivity index (χ2n) is 6.39. The van der Waals surface area contributed by atoms with Crippen molar-refractivity contribution in [2.24, 2.45) is 0 Å². The van der Waals surface area contributed by atoms with Crippen molar-refractivity contribution in [3.8, 4) is 0 Å². The van der Waals surface area contributed by atoms with Gasteiger partial charge in [-0.3, -0.25) is 14.5 Å². The van der Waals surface area contributed by atoms with Gasteiger partial charge in [-0.1, -0.05) is 6.07 Å². The number of piperazine rings is 2. The van der Waals surface area contributed by atoms with Crippen LogP contribution in [0.2, 0.25) is 0 Å². The van der Waals surface area contributed by atoms with Gasteiger partial charge in [0.25, 0.3) is 0 Å². The molecule has 0 spiro atoms. The molecule has 2 saturated heterocycles. The van der Waals surface area contributed by atoms with Crippen LogP contribution in [0.15, 0.2) is 18.2 Å². The standard InChI is InChI=1S/C17H21F2N3O2/c1-20-6-7-21-8-9-22(11-15(21)17(20)24)16(23)5-3-12-2-4-13(18)10-14(12)19/h2,4,10,15H,3,5-9,11H2,1H3/t15-/m1/s1. The lowest BCUT2D eigenvalue weighted by Crippen LogP contribution is -2.64. The minimum Gasteiger partial charge on any atom is -0.343 e. The fourth-order valence-electron chi connectivity index (χ4n) is 3.32. The summed E-state index contributed by atoms with van der Waals surface area (Å²) in [5.41, 5.74) is 0.330. The van der Waals surface area contributed by atoms with Gasteiger partial charge in [0.2, 0.25) is 11.8 Å². The van der Waals surface area contributed by atoms with Gasteiger partial charge in [0, 0.05) is 52.3 Å². The summed E-state index contributed by atoms with van der Waals surface area (Å²) in [4.78, 5) is 30.1. The smallest absolute Gasteiger partial charge is 0.241 e. The molecule has 0 bridgehead atoms.